The van der Waals surface area contributed by atoms with Crippen molar-refractivity contribution in [2.24, 2.45) is 0 Å². The van der Waals surface area contributed by atoms with Crippen LogP contribution in [0.5, 0.6) is 0 Å². The van der Waals surface area contributed by atoms with Gasteiger partial charge in [0.15, 0.2) is 0 Å². The third kappa shape index (κ3) is 5.52. The molecule has 192 valence electrons. The molecule has 5 rings (SSSR count). The lowest BCUT2D eigenvalue weighted by atomic mass is 9.92. The van der Waals surface area contributed by atoms with Crippen LogP contribution in [0.2, 0.25) is 0 Å². The molecule has 4 N–H and O–H groups in total. The molecule has 11 heteroatoms. The zero-order valence-corrected chi connectivity index (χ0v) is 20.0. The van der Waals surface area contributed by atoms with Crippen LogP contribution in [-0.2, 0) is 11.4 Å². The molecule has 0 spiro atoms. The van der Waals surface area contributed by atoms with E-state index in [-0.39, 0.29) is 31.0 Å². The summed E-state index contributed by atoms with van der Waals surface area (Å²) in [4.78, 5) is 22.4. The molecule has 0 saturated heterocycles. The smallest absolute Gasteiger partial charge is 0.323 e. The first-order chi connectivity index (χ1) is 17.9. The first-order valence-corrected chi connectivity index (χ1v) is 12.1. The van der Waals surface area contributed by atoms with E-state index in [0.29, 0.717) is 54.2 Å². The number of aliphatic hydroxyl groups excluding tert-OH is 2. The molecule has 0 unspecified atom stereocenters. The molecule has 0 atom stereocenters. The van der Waals surface area contributed by atoms with Crippen molar-refractivity contribution in [3.05, 3.63) is 66.4 Å². The summed E-state index contributed by atoms with van der Waals surface area (Å²) in [5, 5.41) is 36.4. The molecular weight excluding hydrogens is 479 g/mol. The number of aliphatic carboxylic acids is 1. The molecule has 1 aliphatic rings. The predicted octanol–water partition coefficient (Wildman–Crippen LogP) is 3.39. The summed E-state index contributed by atoms with van der Waals surface area (Å²) in [5.74, 6) is -0.539. The highest BCUT2D eigenvalue weighted by Gasteiger charge is 2.27. The van der Waals surface area contributed by atoms with E-state index in [4.69, 9.17) is 4.98 Å². The number of carboxylic acids is 1. The highest BCUT2D eigenvalue weighted by molar-refractivity contribution is 5.83. The largest absolute Gasteiger partial charge is 0.480 e. The average molecular weight is 507 g/mol. The summed E-state index contributed by atoms with van der Waals surface area (Å²) >= 11 is 0. The van der Waals surface area contributed by atoms with Crippen molar-refractivity contribution in [2.45, 2.75) is 44.4 Å². The molecular formula is C26H27FN6O4. The SMILES string of the molecule is O=C(O)CN(c1ccc2cnc(Nc3ccc(-n4ccc(CO)n4)cc3F)cc2n1)[C@H]1CC[C@H](O)CC1. The lowest BCUT2D eigenvalue weighted by Gasteiger charge is -2.35. The van der Waals surface area contributed by atoms with E-state index in [1.807, 2.05) is 6.07 Å². The molecule has 3 aromatic heterocycles. The van der Waals surface area contributed by atoms with Gasteiger partial charge in [-0.1, -0.05) is 0 Å². The number of nitrogens with zero attached hydrogens (tertiary/aromatic N) is 5. The van der Waals surface area contributed by atoms with Gasteiger partial charge in [0.25, 0.3) is 0 Å². The fourth-order valence-electron chi connectivity index (χ4n) is 4.62. The number of hydrogen-bond acceptors (Lipinski definition) is 8. The average Bonchev–Trinajstić information content (AvgIpc) is 3.38. The van der Waals surface area contributed by atoms with Gasteiger partial charge in [-0.15, -0.1) is 0 Å². The molecule has 1 aromatic carbocycles. The Kier molecular flexibility index (Phi) is 6.97. The number of fused-ring (bicyclic) bond motifs is 1. The number of nitrogens with one attached hydrogen (secondary N) is 1. The quantitative estimate of drug-likeness (QED) is 0.283. The van der Waals surface area contributed by atoms with Crippen molar-refractivity contribution in [1.82, 2.24) is 19.7 Å². The molecule has 0 aliphatic heterocycles. The molecule has 3 heterocycles. The van der Waals surface area contributed by atoms with E-state index in [1.165, 1.54) is 10.7 Å². The van der Waals surface area contributed by atoms with Crippen LogP contribution in [-0.4, -0.2) is 59.7 Å². The van der Waals surface area contributed by atoms with Crippen LogP contribution in [0.15, 0.2) is 54.9 Å². The Morgan fingerprint density at radius 1 is 1.14 bits per heavy atom. The van der Waals surface area contributed by atoms with Crippen LogP contribution < -0.4 is 10.2 Å². The van der Waals surface area contributed by atoms with E-state index in [0.717, 1.165) is 5.39 Å². The Morgan fingerprint density at radius 2 is 1.95 bits per heavy atom. The second-order valence-electron chi connectivity index (χ2n) is 9.11. The number of anilines is 3. The van der Waals surface area contributed by atoms with E-state index in [1.54, 1.807) is 47.6 Å². The lowest BCUT2D eigenvalue weighted by Crippen LogP contribution is -2.42. The summed E-state index contributed by atoms with van der Waals surface area (Å²) in [6.07, 6.45) is 5.54. The van der Waals surface area contributed by atoms with Crippen LogP contribution in [0.25, 0.3) is 16.6 Å². The maximum Gasteiger partial charge on any atom is 0.323 e. The van der Waals surface area contributed by atoms with Crippen molar-refractivity contribution < 1.29 is 24.5 Å². The molecule has 0 radical (unpaired) electrons. The van der Waals surface area contributed by atoms with Gasteiger partial charge in [-0.2, -0.15) is 5.10 Å². The van der Waals surface area contributed by atoms with Gasteiger partial charge in [0, 0.05) is 36.0 Å². The highest BCUT2D eigenvalue weighted by Crippen LogP contribution is 2.29. The van der Waals surface area contributed by atoms with Crippen molar-refractivity contribution in [2.75, 3.05) is 16.8 Å². The minimum atomic E-state index is -0.952. The maximum absolute atomic E-state index is 14.9. The fourth-order valence-corrected chi connectivity index (χ4v) is 4.62. The van der Waals surface area contributed by atoms with Gasteiger partial charge in [0.2, 0.25) is 0 Å². The maximum atomic E-state index is 14.9. The van der Waals surface area contributed by atoms with Gasteiger partial charge >= 0.3 is 5.97 Å². The number of carbonyl (C=O) groups is 1. The Hall–Kier alpha value is -4.09. The van der Waals surface area contributed by atoms with Gasteiger partial charge < -0.3 is 25.5 Å². The van der Waals surface area contributed by atoms with Crippen molar-refractivity contribution in [3.63, 3.8) is 0 Å². The zero-order valence-electron chi connectivity index (χ0n) is 20.0. The number of rotatable bonds is 8. The van der Waals surface area contributed by atoms with Crippen LogP contribution in [0.4, 0.5) is 21.7 Å². The van der Waals surface area contributed by atoms with Gasteiger partial charge in [0.1, 0.15) is 24.0 Å². The Balaban J connectivity index is 1.39. The summed E-state index contributed by atoms with van der Waals surface area (Å²) < 4.78 is 16.4. The molecule has 1 fully saturated rings. The Labute approximate surface area is 212 Å². The van der Waals surface area contributed by atoms with Gasteiger partial charge in [-0.3, -0.25) is 4.79 Å². The number of aliphatic hydroxyl groups is 2. The number of carboxylic acid groups (broad SMARTS) is 1. The Morgan fingerprint density at radius 3 is 2.65 bits per heavy atom. The van der Waals surface area contributed by atoms with E-state index < -0.39 is 11.8 Å². The zero-order chi connectivity index (χ0) is 25.9. The van der Waals surface area contributed by atoms with Crippen molar-refractivity contribution in [3.8, 4) is 5.69 Å². The number of halogens is 1. The van der Waals surface area contributed by atoms with Crippen LogP contribution >= 0.6 is 0 Å². The number of hydrogen-bond donors (Lipinski definition) is 4. The summed E-state index contributed by atoms with van der Waals surface area (Å²) in [5.41, 5.74) is 1.80. The normalized spacial score (nSPS) is 17.6. The van der Waals surface area contributed by atoms with E-state index in [9.17, 15) is 24.5 Å². The standard InChI is InChI=1S/C26H27FN6O4/c27-21-11-19(33-10-9-17(15-34)31-33)4-7-22(21)29-24-12-23-16(13-28-24)1-8-25(30-23)32(14-26(36)37)18-2-5-20(35)6-3-18/h1,4,7-13,18,20,34-35H,2-3,5-6,14-15H2,(H,28,29)(H,36,37)/t18-,20-. The molecule has 1 aliphatic carbocycles. The second-order valence-corrected chi connectivity index (χ2v) is 9.11. The first kappa shape index (κ1) is 24.6. The third-order valence-electron chi connectivity index (χ3n) is 6.55. The molecule has 4 aromatic rings. The minimum Gasteiger partial charge on any atom is -0.480 e. The molecule has 37 heavy (non-hydrogen) atoms. The van der Waals surface area contributed by atoms with Gasteiger partial charge in [0.05, 0.1) is 35.3 Å². The topological polar surface area (TPSA) is 137 Å². The van der Waals surface area contributed by atoms with Crippen LogP contribution in [0, 0.1) is 5.82 Å². The highest BCUT2D eigenvalue weighted by atomic mass is 19.1. The minimum absolute atomic E-state index is 0.0280. The molecule has 10 nitrogen and oxygen atoms in total. The first-order valence-electron chi connectivity index (χ1n) is 12.1. The lowest BCUT2D eigenvalue weighted by molar-refractivity contribution is -0.135. The number of benzene rings is 1. The van der Waals surface area contributed by atoms with Gasteiger partial charge in [-0.05, 0) is 56.0 Å². The monoisotopic (exact) mass is 506 g/mol. The van der Waals surface area contributed by atoms with E-state index >= 15 is 0 Å². The van der Waals surface area contributed by atoms with E-state index in [2.05, 4.69) is 15.4 Å². The molecule has 1 saturated carbocycles. The van der Waals surface area contributed by atoms with Crippen LogP contribution in [0.3, 0.4) is 0 Å². The Bertz CT molecular complexity index is 1420. The van der Waals surface area contributed by atoms with Crippen LogP contribution in [0.1, 0.15) is 31.4 Å². The second kappa shape index (κ2) is 10.5. The fraction of sp³-hybridized carbons (Fsp3) is 0.308. The molecule has 0 amide bonds. The molecule has 0 bridgehead atoms. The third-order valence-corrected chi connectivity index (χ3v) is 6.55. The van der Waals surface area contributed by atoms with Crippen molar-refractivity contribution >= 4 is 34.2 Å². The summed E-state index contributed by atoms with van der Waals surface area (Å²) in [6, 6.07) is 11.5. The van der Waals surface area contributed by atoms with Crippen molar-refractivity contribution in [1.29, 1.82) is 0 Å². The predicted molar refractivity (Wildman–Crippen MR) is 136 cm³/mol. The summed E-state index contributed by atoms with van der Waals surface area (Å²) in [6.45, 7) is -0.389. The number of aromatic nitrogens is 4. The van der Waals surface area contributed by atoms with Gasteiger partial charge in [-0.25, -0.2) is 19.0 Å². The number of pyridine rings is 2. The summed E-state index contributed by atoms with van der Waals surface area (Å²) in [7, 11) is 0.